The Balaban J connectivity index is 1.72. The van der Waals surface area contributed by atoms with Gasteiger partial charge in [0.15, 0.2) is 5.78 Å². The number of carbonyl (C=O) groups excluding carboxylic acids is 1. The predicted octanol–water partition coefficient (Wildman–Crippen LogP) is 6.47. The van der Waals surface area contributed by atoms with Crippen LogP contribution in [0.4, 0.5) is 0 Å². The summed E-state index contributed by atoms with van der Waals surface area (Å²) in [6, 6.07) is 23.3. The van der Waals surface area contributed by atoms with Crippen molar-refractivity contribution in [3.8, 4) is 0 Å². The predicted molar refractivity (Wildman–Crippen MR) is 135 cm³/mol. The fourth-order valence-corrected chi connectivity index (χ4v) is 4.41. The van der Waals surface area contributed by atoms with Crippen LogP contribution in [0, 0.1) is 27.7 Å². The van der Waals surface area contributed by atoms with Crippen molar-refractivity contribution in [1.82, 2.24) is 4.90 Å². The third kappa shape index (κ3) is 5.15. The van der Waals surface area contributed by atoms with Gasteiger partial charge in [-0.25, -0.2) is 0 Å². The molecule has 0 aromatic heterocycles. The van der Waals surface area contributed by atoms with Crippen LogP contribution in [0.3, 0.4) is 0 Å². The Bertz CT molecular complexity index is 1130. The Morgan fingerprint density at radius 1 is 0.719 bits per heavy atom. The molecule has 1 saturated heterocycles. The third-order valence-corrected chi connectivity index (χ3v) is 6.13. The average Bonchev–Trinajstić information content (AvgIpc) is 2.76. The van der Waals surface area contributed by atoms with E-state index in [0.717, 1.165) is 28.8 Å². The van der Waals surface area contributed by atoms with Crippen molar-refractivity contribution in [3.05, 3.63) is 117 Å². The van der Waals surface area contributed by atoms with Crippen molar-refractivity contribution in [2.24, 2.45) is 0 Å². The summed E-state index contributed by atoms with van der Waals surface area (Å²) >= 11 is 0. The van der Waals surface area contributed by atoms with Gasteiger partial charge in [0, 0.05) is 30.8 Å². The van der Waals surface area contributed by atoms with Gasteiger partial charge in [-0.2, -0.15) is 0 Å². The van der Waals surface area contributed by atoms with Crippen LogP contribution in [0.5, 0.6) is 0 Å². The lowest BCUT2D eigenvalue weighted by molar-refractivity contribution is -0.113. The van der Waals surface area contributed by atoms with Crippen LogP contribution in [-0.4, -0.2) is 23.8 Å². The van der Waals surface area contributed by atoms with E-state index < -0.39 is 0 Å². The number of ketones is 1. The fraction of sp³-hybridized carbons (Fsp3) is 0.233. The van der Waals surface area contributed by atoms with Gasteiger partial charge in [0.2, 0.25) is 0 Å². The van der Waals surface area contributed by atoms with Crippen LogP contribution in [0.2, 0.25) is 0 Å². The summed E-state index contributed by atoms with van der Waals surface area (Å²) in [6.45, 7) is 10.6. The number of hydrogen-bond donors (Lipinski definition) is 0. The Morgan fingerprint density at radius 3 is 1.69 bits per heavy atom. The lowest BCUT2D eigenvalue weighted by Gasteiger charge is -2.30. The second-order valence-corrected chi connectivity index (χ2v) is 9.02. The average molecular weight is 422 g/mol. The Hall–Kier alpha value is -3.23. The van der Waals surface area contributed by atoms with E-state index in [-0.39, 0.29) is 5.78 Å². The van der Waals surface area contributed by atoms with Gasteiger partial charge in [-0.1, -0.05) is 77.9 Å². The zero-order valence-corrected chi connectivity index (χ0v) is 19.5. The van der Waals surface area contributed by atoms with Gasteiger partial charge in [0.25, 0.3) is 0 Å². The number of aryl methyl sites for hydroxylation is 4. The number of likely N-dealkylation sites (tertiary alicyclic amines) is 1. The molecule has 2 heteroatoms. The molecule has 1 aliphatic heterocycles. The van der Waals surface area contributed by atoms with Crippen molar-refractivity contribution in [2.75, 3.05) is 13.1 Å². The number of Topliss-reactive ketones (excluding diaryl/α,β-unsaturated/α-hetero) is 1. The number of carbonyl (C=O) groups is 1. The van der Waals surface area contributed by atoms with Crippen molar-refractivity contribution < 1.29 is 4.79 Å². The molecular weight excluding hydrogens is 390 g/mol. The normalized spacial score (nSPS) is 17.3. The SMILES string of the molecule is Cc1ccc(/C=C2\CN(Cc3ccccc3)C/C(=C\c3ccc(C)cc3C)C2=O)c(C)c1. The molecule has 1 aliphatic rings. The Labute approximate surface area is 191 Å². The molecule has 0 amide bonds. The molecule has 0 saturated carbocycles. The molecule has 0 radical (unpaired) electrons. The maximum atomic E-state index is 13.5. The molecule has 3 aromatic carbocycles. The van der Waals surface area contributed by atoms with E-state index in [0.29, 0.717) is 13.1 Å². The second-order valence-electron chi connectivity index (χ2n) is 9.02. The third-order valence-electron chi connectivity index (χ3n) is 6.13. The highest BCUT2D eigenvalue weighted by Gasteiger charge is 2.26. The molecule has 1 heterocycles. The van der Waals surface area contributed by atoms with Crippen molar-refractivity contribution in [3.63, 3.8) is 0 Å². The van der Waals surface area contributed by atoms with Gasteiger partial charge in [0.05, 0.1) is 0 Å². The highest BCUT2D eigenvalue weighted by molar-refractivity contribution is 6.14. The zero-order valence-electron chi connectivity index (χ0n) is 19.5. The van der Waals surface area contributed by atoms with E-state index in [1.807, 2.05) is 6.07 Å². The lowest BCUT2D eigenvalue weighted by Crippen LogP contribution is -2.37. The second kappa shape index (κ2) is 9.50. The van der Waals surface area contributed by atoms with Gasteiger partial charge in [-0.3, -0.25) is 9.69 Å². The fourth-order valence-electron chi connectivity index (χ4n) is 4.41. The first kappa shape index (κ1) is 22.0. The van der Waals surface area contributed by atoms with E-state index in [1.165, 1.54) is 27.8 Å². The first-order valence-corrected chi connectivity index (χ1v) is 11.3. The summed E-state index contributed by atoms with van der Waals surface area (Å²) in [6.07, 6.45) is 4.17. The number of nitrogens with zero attached hydrogens (tertiary/aromatic N) is 1. The van der Waals surface area contributed by atoms with Crippen LogP contribution >= 0.6 is 0 Å². The molecule has 32 heavy (non-hydrogen) atoms. The van der Waals surface area contributed by atoms with Gasteiger partial charge >= 0.3 is 0 Å². The van der Waals surface area contributed by atoms with Crippen molar-refractivity contribution in [1.29, 1.82) is 0 Å². The van der Waals surface area contributed by atoms with E-state index in [1.54, 1.807) is 0 Å². The lowest BCUT2D eigenvalue weighted by atomic mass is 9.92. The van der Waals surface area contributed by atoms with Gasteiger partial charge in [-0.15, -0.1) is 0 Å². The standard InChI is InChI=1S/C30H31NO/c1-21-10-12-26(23(3)14-21)16-28-19-31(18-25-8-6-5-7-9-25)20-29(30(28)32)17-27-13-11-22(2)15-24(27)4/h5-17H,18-20H2,1-4H3/b28-16+,29-17+. The molecule has 2 nitrogen and oxygen atoms in total. The van der Waals surface area contributed by atoms with E-state index >= 15 is 0 Å². The number of rotatable bonds is 4. The van der Waals surface area contributed by atoms with Crippen molar-refractivity contribution in [2.45, 2.75) is 34.2 Å². The smallest absolute Gasteiger partial charge is 0.187 e. The minimum atomic E-state index is 0.161. The highest BCUT2D eigenvalue weighted by Crippen LogP contribution is 2.25. The van der Waals surface area contributed by atoms with Crippen LogP contribution in [0.25, 0.3) is 12.2 Å². The molecular formula is C30H31NO. The minimum absolute atomic E-state index is 0.161. The quantitative estimate of drug-likeness (QED) is 0.450. The summed E-state index contributed by atoms with van der Waals surface area (Å²) in [4.78, 5) is 15.9. The van der Waals surface area contributed by atoms with Crippen LogP contribution in [0.1, 0.15) is 38.9 Å². The first-order chi connectivity index (χ1) is 15.4. The van der Waals surface area contributed by atoms with Crippen LogP contribution in [0.15, 0.2) is 77.9 Å². The summed E-state index contributed by atoms with van der Waals surface area (Å²) in [5.74, 6) is 0.161. The summed E-state index contributed by atoms with van der Waals surface area (Å²) in [7, 11) is 0. The molecule has 0 unspecified atom stereocenters. The largest absolute Gasteiger partial charge is 0.290 e. The van der Waals surface area contributed by atoms with Gasteiger partial charge in [0.1, 0.15) is 0 Å². The monoisotopic (exact) mass is 421 g/mol. The molecule has 1 fully saturated rings. The molecule has 162 valence electrons. The summed E-state index contributed by atoms with van der Waals surface area (Å²) in [5, 5.41) is 0. The van der Waals surface area contributed by atoms with E-state index in [4.69, 9.17) is 0 Å². The summed E-state index contributed by atoms with van der Waals surface area (Å²) < 4.78 is 0. The Morgan fingerprint density at radius 2 is 1.22 bits per heavy atom. The molecule has 0 atom stereocenters. The maximum absolute atomic E-state index is 13.5. The van der Waals surface area contributed by atoms with Crippen molar-refractivity contribution >= 4 is 17.9 Å². The maximum Gasteiger partial charge on any atom is 0.187 e. The molecule has 0 spiro atoms. The van der Waals surface area contributed by atoms with Gasteiger partial charge in [-0.05, 0) is 67.7 Å². The number of hydrogen-bond acceptors (Lipinski definition) is 2. The topological polar surface area (TPSA) is 20.3 Å². The van der Waals surface area contributed by atoms with Gasteiger partial charge < -0.3 is 0 Å². The minimum Gasteiger partial charge on any atom is -0.290 e. The van der Waals surface area contributed by atoms with E-state index in [9.17, 15) is 4.79 Å². The van der Waals surface area contributed by atoms with Crippen LogP contribution < -0.4 is 0 Å². The molecule has 0 N–H and O–H groups in total. The molecule has 3 aromatic rings. The molecule has 0 bridgehead atoms. The first-order valence-electron chi connectivity index (χ1n) is 11.3. The van der Waals surface area contributed by atoms with E-state index in [2.05, 4.69) is 105 Å². The summed E-state index contributed by atoms with van der Waals surface area (Å²) in [5.41, 5.74) is 10.1. The number of piperidine rings is 1. The zero-order chi connectivity index (χ0) is 22.7. The molecule has 0 aliphatic carbocycles. The molecule has 4 rings (SSSR count). The Kier molecular flexibility index (Phi) is 6.53. The number of benzene rings is 3. The highest BCUT2D eigenvalue weighted by atomic mass is 16.1. The van der Waals surface area contributed by atoms with Crippen LogP contribution in [-0.2, 0) is 11.3 Å².